The van der Waals surface area contributed by atoms with Gasteiger partial charge in [-0.1, -0.05) is 30.3 Å². The van der Waals surface area contributed by atoms with Crippen molar-refractivity contribution in [2.75, 3.05) is 17.2 Å². The Kier molecular flexibility index (Phi) is 6.21. The molecule has 2 aromatic carbocycles. The van der Waals surface area contributed by atoms with E-state index in [0.29, 0.717) is 6.54 Å². The molecule has 0 unspecified atom stereocenters. The van der Waals surface area contributed by atoms with Crippen LogP contribution in [-0.2, 0) is 6.42 Å². The minimum atomic E-state index is -1.65. The van der Waals surface area contributed by atoms with E-state index in [4.69, 9.17) is 0 Å². The van der Waals surface area contributed by atoms with Crippen LogP contribution in [0.3, 0.4) is 0 Å². The van der Waals surface area contributed by atoms with Crippen molar-refractivity contribution in [1.29, 1.82) is 0 Å². The maximum atomic E-state index is 13.7. The van der Waals surface area contributed by atoms with Crippen LogP contribution in [-0.4, -0.2) is 22.4 Å². The molecule has 0 saturated heterocycles. The molecule has 8 heteroatoms. The molecule has 1 aromatic heterocycles. The Bertz CT molecular complexity index is 967. The molecule has 0 radical (unpaired) electrons. The summed E-state index contributed by atoms with van der Waals surface area (Å²) in [6.07, 6.45) is 3.09. The highest BCUT2D eigenvalue weighted by Crippen LogP contribution is 2.20. The quantitative estimate of drug-likeness (QED) is 0.472. The molecule has 0 bridgehead atoms. The number of hydrogen-bond donors (Lipinski definition) is 2. The van der Waals surface area contributed by atoms with E-state index in [2.05, 4.69) is 20.6 Å². The van der Waals surface area contributed by atoms with Crippen molar-refractivity contribution < 1.29 is 18.0 Å². The second kappa shape index (κ2) is 8.98. The molecule has 3 aromatic rings. The topological polar surface area (TPSA) is 66.9 Å². The maximum Gasteiger partial charge on any atom is 0.274 e. The number of amides is 1. The third-order valence-electron chi connectivity index (χ3n) is 3.94. The highest BCUT2D eigenvalue weighted by Gasteiger charge is 2.17. The predicted molar refractivity (Wildman–Crippen MR) is 99.6 cm³/mol. The number of benzene rings is 2. The molecule has 0 fully saturated rings. The number of nitrogens with one attached hydrogen (secondary N) is 2. The van der Waals surface area contributed by atoms with Crippen molar-refractivity contribution in [2.24, 2.45) is 0 Å². The van der Waals surface area contributed by atoms with Crippen LogP contribution >= 0.6 is 0 Å². The first-order valence-corrected chi connectivity index (χ1v) is 8.60. The molecule has 0 aliphatic heterocycles. The fraction of sp³-hybridized carbons (Fsp3) is 0.150. The van der Waals surface area contributed by atoms with Crippen molar-refractivity contribution >= 4 is 17.5 Å². The van der Waals surface area contributed by atoms with Gasteiger partial charge in [-0.25, -0.2) is 23.1 Å². The third-order valence-corrected chi connectivity index (χ3v) is 3.94. The minimum Gasteiger partial charge on any atom is -0.354 e. The van der Waals surface area contributed by atoms with Crippen molar-refractivity contribution in [1.82, 2.24) is 9.97 Å². The zero-order valence-electron chi connectivity index (χ0n) is 14.8. The normalized spacial score (nSPS) is 10.5. The van der Waals surface area contributed by atoms with Gasteiger partial charge < -0.3 is 10.6 Å². The first-order chi connectivity index (χ1) is 13.5. The van der Waals surface area contributed by atoms with Crippen molar-refractivity contribution in [3.05, 3.63) is 83.4 Å². The number of nitrogens with zero attached hydrogens (tertiary/aromatic N) is 2. The fourth-order valence-electron chi connectivity index (χ4n) is 2.52. The Morgan fingerprint density at radius 1 is 0.964 bits per heavy atom. The lowest BCUT2D eigenvalue weighted by Gasteiger charge is -2.08. The van der Waals surface area contributed by atoms with E-state index in [9.17, 15) is 18.0 Å². The maximum absolute atomic E-state index is 13.7. The van der Waals surface area contributed by atoms with Gasteiger partial charge in [0, 0.05) is 12.7 Å². The molecule has 0 aliphatic rings. The molecule has 1 heterocycles. The molecule has 3 rings (SSSR count). The van der Waals surface area contributed by atoms with E-state index in [1.165, 1.54) is 17.8 Å². The van der Waals surface area contributed by atoms with Gasteiger partial charge in [-0.15, -0.1) is 0 Å². The largest absolute Gasteiger partial charge is 0.354 e. The molecule has 144 valence electrons. The van der Waals surface area contributed by atoms with E-state index in [-0.39, 0.29) is 11.6 Å². The molecule has 1 amide bonds. The molecule has 0 saturated carbocycles. The van der Waals surface area contributed by atoms with Gasteiger partial charge >= 0.3 is 0 Å². The first kappa shape index (κ1) is 19.3. The van der Waals surface area contributed by atoms with Gasteiger partial charge in [-0.2, -0.15) is 0 Å². The summed E-state index contributed by atoms with van der Waals surface area (Å²) in [6.45, 7) is 0.595. The Morgan fingerprint density at radius 3 is 2.54 bits per heavy atom. The van der Waals surface area contributed by atoms with Crippen LogP contribution in [0, 0.1) is 17.5 Å². The Hall–Kier alpha value is -3.42. The van der Waals surface area contributed by atoms with Gasteiger partial charge in [0.25, 0.3) is 5.91 Å². The van der Waals surface area contributed by atoms with Crippen LogP contribution in [0.1, 0.15) is 22.5 Å². The lowest BCUT2D eigenvalue weighted by Crippen LogP contribution is -2.17. The van der Waals surface area contributed by atoms with Crippen LogP contribution in [0.4, 0.5) is 24.8 Å². The second-order valence-corrected chi connectivity index (χ2v) is 5.96. The molecular formula is C20H17F3N4O. The van der Waals surface area contributed by atoms with Crippen molar-refractivity contribution in [3.63, 3.8) is 0 Å². The summed E-state index contributed by atoms with van der Waals surface area (Å²) in [6, 6.07) is 13.0. The van der Waals surface area contributed by atoms with Gasteiger partial charge in [-0.3, -0.25) is 4.79 Å². The number of rotatable bonds is 7. The molecule has 0 aliphatic carbocycles. The second-order valence-electron chi connectivity index (χ2n) is 5.96. The van der Waals surface area contributed by atoms with Gasteiger partial charge in [0.15, 0.2) is 17.5 Å². The number of carbonyl (C=O) groups excluding carboxylic acids is 1. The summed E-state index contributed by atoms with van der Waals surface area (Å²) in [5.41, 5.74) is 0.705. The summed E-state index contributed by atoms with van der Waals surface area (Å²) in [5.74, 6) is -4.98. The van der Waals surface area contributed by atoms with Gasteiger partial charge in [0.05, 0.1) is 5.69 Å². The fourth-order valence-corrected chi connectivity index (χ4v) is 2.52. The highest BCUT2D eigenvalue weighted by molar-refractivity contribution is 6.03. The number of halogens is 3. The lowest BCUT2D eigenvalue weighted by molar-refractivity contribution is 0.102. The predicted octanol–water partition coefficient (Wildman–Crippen LogP) is 4.19. The molecular weight excluding hydrogens is 369 g/mol. The standard InChI is InChI=1S/C20H17F3N4O/c21-14-8-9-15(18(23)17(14)22)26-19(28)16-10-12-25-20(27-16)24-11-4-7-13-5-2-1-3-6-13/h1-3,5-6,8-10,12H,4,7,11H2,(H,26,28)(H,24,25,27). The first-order valence-electron chi connectivity index (χ1n) is 8.60. The van der Waals surface area contributed by atoms with Crippen molar-refractivity contribution in [2.45, 2.75) is 12.8 Å². The zero-order valence-corrected chi connectivity index (χ0v) is 14.8. The number of carbonyl (C=O) groups is 1. The van der Waals surface area contributed by atoms with Crippen LogP contribution in [0.5, 0.6) is 0 Å². The number of aryl methyl sites for hydroxylation is 1. The minimum absolute atomic E-state index is 0.0373. The molecule has 0 spiro atoms. The Balaban J connectivity index is 1.58. The molecule has 5 nitrogen and oxygen atoms in total. The van der Waals surface area contributed by atoms with Crippen LogP contribution in [0.25, 0.3) is 0 Å². The summed E-state index contributed by atoms with van der Waals surface area (Å²) in [4.78, 5) is 20.3. The monoisotopic (exact) mass is 386 g/mol. The summed E-state index contributed by atoms with van der Waals surface area (Å²) < 4.78 is 39.9. The van der Waals surface area contributed by atoms with Crippen LogP contribution < -0.4 is 10.6 Å². The van der Waals surface area contributed by atoms with E-state index in [1.807, 2.05) is 30.3 Å². The SMILES string of the molecule is O=C(Nc1ccc(F)c(F)c1F)c1ccnc(NCCCc2ccccc2)n1. The average Bonchev–Trinajstić information content (AvgIpc) is 2.72. The zero-order chi connectivity index (χ0) is 19.9. The van der Waals surface area contributed by atoms with E-state index >= 15 is 0 Å². The number of anilines is 2. The van der Waals surface area contributed by atoms with E-state index < -0.39 is 29.0 Å². The third kappa shape index (κ3) is 4.85. The summed E-state index contributed by atoms with van der Waals surface area (Å²) >= 11 is 0. The van der Waals surface area contributed by atoms with Crippen LogP contribution in [0.15, 0.2) is 54.7 Å². The Morgan fingerprint density at radius 2 is 1.75 bits per heavy atom. The Labute approximate surface area is 159 Å². The molecule has 28 heavy (non-hydrogen) atoms. The van der Waals surface area contributed by atoms with E-state index in [0.717, 1.165) is 25.0 Å². The number of aromatic nitrogens is 2. The molecule has 2 N–H and O–H groups in total. The average molecular weight is 386 g/mol. The van der Waals surface area contributed by atoms with E-state index in [1.54, 1.807) is 0 Å². The number of hydrogen-bond acceptors (Lipinski definition) is 4. The molecule has 0 atom stereocenters. The van der Waals surface area contributed by atoms with Crippen LogP contribution in [0.2, 0.25) is 0 Å². The highest BCUT2D eigenvalue weighted by atomic mass is 19.2. The van der Waals surface area contributed by atoms with Gasteiger partial charge in [0.2, 0.25) is 5.95 Å². The lowest BCUT2D eigenvalue weighted by atomic mass is 10.1. The van der Waals surface area contributed by atoms with Crippen molar-refractivity contribution in [3.8, 4) is 0 Å². The summed E-state index contributed by atoms with van der Waals surface area (Å²) in [5, 5.41) is 5.19. The van der Waals surface area contributed by atoms with Gasteiger partial charge in [-0.05, 0) is 36.6 Å². The smallest absolute Gasteiger partial charge is 0.274 e. The summed E-state index contributed by atoms with van der Waals surface area (Å²) in [7, 11) is 0. The van der Waals surface area contributed by atoms with Gasteiger partial charge in [0.1, 0.15) is 5.69 Å².